The van der Waals surface area contributed by atoms with Gasteiger partial charge in [0.25, 0.3) is 0 Å². The fraction of sp³-hybridized carbons (Fsp3) is 1.00. The second kappa shape index (κ2) is 2.31. The second-order valence-corrected chi connectivity index (χ2v) is 3.14. The molecule has 0 saturated heterocycles. The highest BCUT2D eigenvalue weighted by atomic mass is 31.2. The van der Waals surface area contributed by atoms with E-state index < -0.39 is 12.7 Å². The lowest BCUT2D eigenvalue weighted by atomic mass is 12.0. The SMILES string of the molecule is CP(=O)(O)O[N+]([O-])(O)O. The summed E-state index contributed by atoms with van der Waals surface area (Å²) in [4.78, 5) is 8.15. The Morgan fingerprint density at radius 2 is 2.00 bits per heavy atom. The van der Waals surface area contributed by atoms with Crippen molar-refractivity contribution in [1.82, 2.24) is 0 Å². The van der Waals surface area contributed by atoms with E-state index in [2.05, 4.69) is 4.62 Å². The standard InChI is InChI=1S/CH6NO6P/c1-9(6,7)8-2(3,4)5/h3-4H,1H3,(H,6,7). The van der Waals surface area contributed by atoms with Gasteiger partial charge in [-0.25, -0.2) is 0 Å². The zero-order chi connectivity index (χ0) is 7.71. The first-order chi connectivity index (χ1) is 3.71. The van der Waals surface area contributed by atoms with Gasteiger partial charge in [0.1, 0.15) is 0 Å². The molecule has 0 aliphatic rings. The van der Waals surface area contributed by atoms with Crippen molar-refractivity contribution in [2.45, 2.75) is 0 Å². The van der Waals surface area contributed by atoms with Gasteiger partial charge in [0.05, 0.1) is 5.14 Å². The summed E-state index contributed by atoms with van der Waals surface area (Å²) in [5.41, 5.74) is 0. The molecule has 3 N–H and O–H groups in total. The van der Waals surface area contributed by atoms with Crippen LogP contribution in [0.15, 0.2) is 0 Å². The van der Waals surface area contributed by atoms with Gasteiger partial charge in [0.15, 0.2) is 0 Å². The van der Waals surface area contributed by atoms with Gasteiger partial charge in [-0.05, 0) is 4.62 Å². The lowest BCUT2D eigenvalue weighted by Crippen LogP contribution is -2.32. The van der Waals surface area contributed by atoms with Crippen LogP contribution in [0.1, 0.15) is 0 Å². The van der Waals surface area contributed by atoms with E-state index in [-0.39, 0.29) is 0 Å². The normalized spacial score (nSPS) is 19.2. The molecule has 0 amide bonds. The van der Waals surface area contributed by atoms with Crippen LogP contribution in [-0.4, -0.2) is 27.1 Å². The molecular weight excluding hydrogens is 153 g/mol. The smallest absolute Gasteiger partial charge is 0.386 e. The quantitative estimate of drug-likeness (QED) is 0.293. The molecular formula is CH6NO6P. The van der Waals surface area contributed by atoms with Crippen LogP contribution < -0.4 is 0 Å². The van der Waals surface area contributed by atoms with E-state index >= 15 is 0 Å². The molecule has 1 atom stereocenters. The van der Waals surface area contributed by atoms with Gasteiger partial charge in [-0.3, -0.25) is 4.57 Å². The van der Waals surface area contributed by atoms with Gasteiger partial charge in [0.2, 0.25) is 0 Å². The largest absolute Gasteiger partial charge is 0.528 e. The molecule has 8 heteroatoms. The van der Waals surface area contributed by atoms with Crippen LogP contribution in [0.3, 0.4) is 0 Å². The highest BCUT2D eigenvalue weighted by Crippen LogP contribution is 2.38. The zero-order valence-electron chi connectivity index (χ0n) is 4.46. The Hall–Kier alpha value is -0.0100. The molecule has 0 spiro atoms. The van der Waals surface area contributed by atoms with E-state index in [9.17, 15) is 9.77 Å². The maximum atomic E-state index is 10.0. The van der Waals surface area contributed by atoms with Crippen molar-refractivity contribution in [3.8, 4) is 0 Å². The zero-order valence-corrected chi connectivity index (χ0v) is 5.36. The van der Waals surface area contributed by atoms with E-state index in [1.807, 2.05) is 0 Å². The average Bonchev–Trinajstić information content (AvgIpc) is 1.14. The summed E-state index contributed by atoms with van der Waals surface area (Å²) in [6, 6.07) is 0. The summed E-state index contributed by atoms with van der Waals surface area (Å²) < 4.78 is 13.3. The summed E-state index contributed by atoms with van der Waals surface area (Å²) in [7, 11) is -4.13. The highest BCUT2D eigenvalue weighted by Gasteiger charge is 2.24. The fourth-order valence-corrected chi connectivity index (χ4v) is 0.592. The maximum absolute atomic E-state index is 10.0. The molecule has 9 heavy (non-hydrogen) atoms. The van der Waals surface area contributed by atoms with Gasteiger partial charge >= 0.3 is 7.60 Å². The highest BCUT2D eigenvalue weighted by molar-refractivity contribution is 7.51. The lowest BCUT2D eigenvalue weighted by molar-refractivity contribution is -1.32. The van der Waals surface area contributed by atoms with Crippen LogP contribution in [0.2, 0.25) is 0 Å². The molecule has 0 aromatic rings. The third kappa shape index (κ3) is 7.99. The molecule has 0 fully saturated rings. The molecule has 0 bridgehead atoms. The first-order valence-electron chi connectivity index (χ1n) is 1.78. The second-order valence-electron chi connectivity index (χ2n) is 1.38. The van der Waals surface area contributed by atoms with Crippen LogP contribution >= 0.6 is 7.60 Å². The first-order valence-corrected chi connectivity index (χ1v) is 3.80. The number of nitrogens with zero attached hydrogens (tertiary/aromatic N) is 1. The van der Waals surface area contributed by atoms with Crippen molar-refractivity contribution in [2.75, 3.05) is 6.66 Å². The van der Waals surface area contributed by atoms with Crippen molar-refractivity contribution in [3.63, 3.8) is 0 Å². The Balaban J connectivity index is 3.90. The van der Waals surface area contributed by atoms with E-state index in [0.717, 1.165) is 0 Å². The Labute approximate surface area is 50.3 Å². The number of hydrogen-bond acceptors (Lipinski definition) is 5. The van der Waals surface area contributed by atoms with Gasteiger partial charge in [-0.15, -0.1) is 10.4 Å². The van der Waals surface area contributed by atoms with Crippen LogP contribution in [-0.2, 0) is 9.19 Å². The molecule has 56 valence electrons. The average molecular weight is 159 g/mol. The molecule has 7 nitrogen and oxygen atoms in total. The minimum absolute atomic E-state index is 0.643. The Morgan fingerprint density at radius 1 is 1.67 bits per heavy atom. The van der Waals surface area contributed by atoms with Crippen molar-refractivity contribution in [2.24, 2.45) is 0 Å². The van der Waals surface area contributed by atoms with Gasteiger partial charge in [0, 0.05) is 6.66 Å². The van der Waals surface area contributed by atoms with Crippen molar-refractivity contribution < 1.29 is 29.6 Å². The fourth-order valence-electron chi connectivity index (χ4n) is 0.197. The molecule has 0 saturated carbocycles. The Bertz CT molecular complexity index is 130. The minimum atomic E-state index is -4.13. The number of quaternary nitrogens is 1. The summed E-state index contributed by atoms with van der Waals surface area (Å²) in [5.74, 6) is 0. The summed E-state index contributed by atoms with van der Waals surface area (Å²) in [6.07, 6.45) is 0. The predicted octanol–water partition coefficient (Wildman–Crippen LogP) is -0.174. The minimum Gasteiger partial charge on any atom is -0.528 e. The topological polar surface area (TPSA) is 110 Å². The third-order valence-electron chi connectivity index (χ3n) is 0.258. The summed E-state index contributed by atoms with van der Waals surface area (Å²) in [6.45, 7) is 0.643. The van der Waals surface area contributed by atoms with Crippen molar-refractivity contribution >= 4 is 7.60 Å². The molecule has 0 radical (unpaired) electrons. The van der Waals surface area contributed by atoms with Crippen molar-refractivity contribution in [1.29, 1.82) is 0 Å². The monoisotopic (exact) mass is 159 g/mol. The third-order valence-corrected chi connectivity index (χ3v) is 0.774. The summed E-state index contributed by atoms with van der Waals surface area (Å²) in [5, 5.41) is 21.9. The number of rotatable bonds is 2. The molecule has 0 aliphatic heterocycles. The molecule has 1 unspecified atom stereocenters. The molecule has 0 aromatic carbocycles. The maximum Gasteiger partial charge on any atom is 0.386 e. The van der Waals surface area contributed by atoms with E-state index in [1.165, 1.54) is 0 Å². The first kappa shape index (κ1) is 8.99. The Kier molecular flexibility index (Phi) is 2.31. The lowest BCUT2D eigenvalue weighted by Gasteiger charge is -2.20. The Morgan fingerprint density at radius 3 is 2.00 bits per heavy atom. The van der Waals surface area contributed by atoms with Crippen LogP contribution in [0, 0.1) is 5.21 Å². The van der Waals surface area contributed by atoms with E-state index in [4.69, 9.17) is 15.3 Å². The van der Waals surface area contributed by atoms with E-state index in [0.29, 0.717) is 6.66 Å². The predicted molar refractivity (Wildman–Crippen MR) is 24.0 cm³/mol. The van der Waals surface area contributed by atoms with Gasteiger partial charge in [-0.1, -0.05) is 0 Å². The van der Waals surface area contributed by atoms with Gasteiger partial charge in [-0.2, -0.15) is 0 Å². The van der Waals surface area contributed by atoms with Crippen LogP contribution in [0.4, 0.5) is 0 Å². The van der Waals surface area contributed by atoms with Crippen LogP contribution in [0.25, 0.3) is 0 Å². The van der Waals surface area contributed by atoms with Gasteiger partial charge < -0.3 is 10.1 Å². The molecule has 0 aromatic heterocycles. The summed E-state index contributed by atoms with van der Waals surface area (Å²) >= 11 is 0. The van der Waals surface area contributed by atoms with Crippen molar-refractivity contribution in [3.05, 3.63) is 5.21 Å². The number of hydrogen-bond donors (Lipinski definition) is 3. The molecule has 0 heterocycles. The molecule has 0 aliphatic carbocycles. The van der Waals surface area contributed by atoms with E-state index in [1.54, 1.807) is 0 Å². The van der Waals surface area contributed by atoms with Crippen LogP contribution in [0.5, 0.6) is 0 Å². The molecule has 0 rings (SSSR count).